The molecule has 0 aliphatic rings. The van der Waals surface area contributed by atoms with Crippen molar-refractivity contribution in [2.45, 2.75) is 26.4 Å². The Hall–Kier alpha value is -2.14. The van der Waals surface area contributed by atoms with E-state index in [2.05, 4.69) is 50.5 Å². The maximum Gasteiger partial charge on any atom is 0.246 e. The van der Waals surface area contributed by atoms with Crippen molar-refractivity contribution < 1.29 is 4.52 Å². The Bertz CT molecular complexity index is 714. The first-order valence-electron chi connectivity index (χ1n) is 6.84. The summed E-state index contributed by atoms with van der Waals surface area (Å²) < 4.78 is 7.40. The molecule has 0 atom stereocenters. The molecule has 2 aromatic heterocycles. The number of nitrogens with zero attached hydrogens (tertiary/aromatic N) is 3. The van der Waals surface area contributed by atoms with E-state index in [1.165, 1.54) is 16.5 Å². The number of benzene rings is 1. The van der Waals surface area contributed by atoms with Gasteiger partial charge in [-0.25, -0.2) is 0 Å². The van der Waals surface area contributed by atoms with Gasteiger partial charge in [0, 0.05) is 24.7 Å². The maximum atomic E-state index is 5.26. The van der Waals surface area contributed by atoms with E-state index in [9.17, 15) is 0 Å². The van der Waals surface area contributed by atoms with Crippen LogP contribution in [0, 0.1) is 0 Å². The summed E-state index contributed by atoms with van der Waals surface area (Å²) >= 11 is 0. The summed E-state index contributed by atoms with van der Waals surface area (Å²) in [6.07, 6.45) is 2.85. The number of aromatic nitrogens is 3. The Kier molecular flexibility index (Phi) is 3.52. The van der Waals surface area contributed by atoms with Gasteiger partial charge in [-0.3, -0.25) is 0 Å². The van der Waals surface area contributed by atoms with Gasteiger partial charge < -0.3 is 14.4 Å². The Morgan fingerprint density at radius 1 is 1.30 bits per heavy atom. The molecule has 5 heteroatoms. The van der Waals surface area contributed by atoms with Crippen molar-refractivity contribution in [3.05, 3.63) is 47.7 Å². The smallest absolute Gasteiger partial charge is 0.246 e. The van der Waals surface area contributed by atoms with Gasteiger partial charge >= 0.3 is 0 Å². The van der Waals surface area contributed by atoms with Crippen LogP contribution in [0.4, 0.5) is 0 Å². The number of rotatable bonds is 5. The lowest BCUT2D eigenvalue weighted by Gasteiger charge is -2.04. The standard InChI is InChI=1S/C15H18N4O/c1-3-14-17-15(20-18-14)10-19-7-6-12-5-4-11(9-16-2)8-13(12)19/h4-8,16H,3,9-10H2,1-2H3. The van der Waals surface area contributed by atoms with Crippen molar-refractivity contribution >= 4 is 10.9 Å². The number of aryl methyl sites for hydroxylation is 1. The van der Waals surface area contributed by atoms with Crippen LogP contribution in [0.3, 0.4) is 0 Å². The summed E-state index contributed by atoms with van der Waals surface area (Å²) in [5.41, 5.74) is 2.45. The van der Waals surface area contributed by atoms with Crippen molar-refractivity contribution in [1.82, 2.24) is 20.0 Å². The molecular formula is C15H18N4O. The molecule has 0 spiro atoms. The molecule has 1 aromatic carbocycles. The Labute approximate surface area is 117 Å². The van der Waals surface area contributed by atoms with E-state index in [0.29, 0.717) is 12.4 Å². The molecule has 0 saturated heterocycles. The molecule has 0 radical (unpaired) electrons. The average Bonchev–Trinajstić information content (AvgIpc) is 3.07. The highest BCUT2D eigenvalue weighted by Crippen LogP contribution is 2.19. The molecule has 0 unspecified atom stereocenters. The maximum absolute atomic E-state index is 5.26. The quantitative estimate of drug-likeness (QED) is 0.773. The third kappa shape index (κ3) is 2.44. The summed E-state index contributed by atoms with van der Waals surface area (Å²) in [7, 11) is 1.95. The third-order valence-corrected chi connectivity index (χ3v) is 3.35. The van der Waals surface area contributed by atoms with Crippen LogP contribution in [0.5, 0.6) is 0 Å². The van der Waals surface area contributed by atoms with E-state index in [0.717, 1.165) is 18.8 Å². The predicted molar refractivity (Wildman–Crippen MR) is 77.5 cm³/mol. The first kappa shape index (κ1) is 12.9. The van der Waals surface area contributed by atoms with Gasteiger partial charge in [-0.15, -0.1) is 0 Å². The van der Waals surface area contributed by atoms with Gasteiger partial charge in [0.15, 0.2) is 5.82 Å². The summed E-state index contributed by atoms with van der Waals surface area (Å²) in [4.78, 5) is 4.36. The molecule has 3 rings (SSSR count). The zero-order valence-corrected chi connectivity index (χ0v) is 11.8. The molecule has 0 saturated carbocycles. The van der Waals surface area contributed by atoms with E-state index >= 15 is 0 Å². The fourth-order valence-corrected chi connectivity index (χ4v) is 2.33. The summed E-state index contributed by atoms with van der Waals surface area (Å²) in [5, 5.41) is 8.33. The molecule has 0 bridgehead atoms. The Morgan fingerprint density at radius 2 is 2.20 bits per heavy atom. The molecule has 20 heavy (non-hydrogen) atoms. The first-order valence-corrected chi connectivity index (χ1v) is 6.84. The highest BCUT2D eigenvalue weighted by atomic mass is 16.5. The summed E-state index contributed by atoms with van der Waals surface area (Å²) in [6.45, 7) is 3.49. The Morgan fingerprint density at radius 3 is 2.95 bits per heavy atom. The lowest BCUT2D eigenvalue weighted by molar-refractivity contribution is 0.368. The highest BCUT2D eigenvalue weighted by Gasteiger charge is 2.08. The van der Waals surface area contributed by atoms with E-state index in [1.807, 2.05) is 14.0 Å². The van der Waals surface area contributed by atoms with Crippen LogP contribution in [-0.2, 0) is 19.5 Å². The van der Waals surface area contributed by atoms with Crippen LogP contribution in [0.1, 0.15) is 24.2 Å². The van der Waals surface area contributed by atoms with E-state index in [1.54, 1.807) is 0 Å². The minimum absolute atomic E-state index is 0.611. The Balaban J connectivity index is 1.92. The van der Waals surface area contributed by atoms with Gasteiger partial charge in [0.1, 0.15) is 6.54 Å². The second-order valence-electron chi connectivity index (χ2n) is 4.83. The molecule has 5 nitrogen and oxygen atoms in total. The molecule has 0 fully saturated rings. The number of nitrogens with one attached hydrogen (secondary N) is 1. The zero-order valence-electron chi connectivity index (χ0n) is 11.8. The minimum atomic E-state index is 0.611. The van der Waals surface area contributed by atoms with Crippen LogP contribution >= 0.6 is 0 Å². The molecule has 3 aromatic rings. The van der Waals surface area contributed by atoms with Crippen molar-refractivity contribution in [2.24, 2.45) is 0 Å². The minimum Gasteiger partial charge on any atom is -0.338 e. The van der Waals surface area contributed by atoms with Crippen LogP contribution in [0.25, 0.3) is 10.9 Å². The fraction of sp³-hybridized carbons (Fsp3) is 0.333. The SMILES string of the molecule is CCc1noc(Cn2ccc3ccc(CNC)cc32)n1. The molecule has 1 N–H and O–H groups in total. The van der Waals surface area contributed by atoms with Crippen LogP contribution in [0.15, 0.2) is 35.0 Å². The lowest BCUT2D eigenvalue weighted by atomic mass is 10.1. The fourth-order valence-electron chi connectivity index (χ4n) is 2.33. The number of hydrogen-bond acceptors (Lipinski definition) is 4. The van der Waals surface area contributed by atoms with Crippen molar-refractivity contribution in [3.8, 4) is 0 Å². The highest BCUT2D eigenvalue weighted by molar-refractivity contribution is 5.80. The average molecular weight is 270 g/mol. The first-order chi connectivity index (χ1) is 9.80. The van der Waals surface area contributed by atoms with Gasteiger partial charge in [-0.1, -0.05) is 24.2 Å². The second-order valence-corrected chi connectivity index (χ2v) is 4.83. The third-order valence-electron chi connectivity index (χ3n) is 3.35. The van der Waals surface area contributed by atoms with Crippen LogP contribution in [-0.4, -0.2) is 21.8 Å². The van der Waals surface area contributed by atoms with Crippen LogP contribution < -0.4 is 5.32 Å². The summed E-state index contributed by atoms with van der Waals surface area (Å²) in [5.74, 6) is 1.41. The van der Waals surface area contributed by atoms with E-state index < -0.39 is 0 Å². The zero-order chi connectivity index (χ0) is 13.9. The van der Waals surface area contributed by atoms with Crippen molar-refractivity contribution in [1.29, 1.82) is 0 Å². The largest absolute Gasteiger partial charge is 0.338 e. The molecule has 0 amide bonds. The molecule has 2 heterocycles. The monoisotopic (exact) mass is 270 g/mol. The number of fused-ring (bicyclic) bond motifs is 1. The predicted octanol–water partition coefficient (Wildman–Crippen LogP) is 2.35. The van der Waals surface area contributed by atoms with Gasteiger partial charge in [0.25, 0.3) is 0 Å². The molecule has 104 valence electrons. The molecular weight excluding hydrogens is 252 g/mol. The van der Waals surface area contributed by atoms with Gasteiger partial charge in [-0.2, -0.15) is 4.98 Å². The lowest BCUT2D eigenvalue weighted by Crippen LogP contribution is -2.05. The van der Waals surface area contributed by atoms with Crippen molar-refractivity contribution in [3.63, 3.8) is 0 Å². The van der Waals surface area contributed by atoms with E-state index in [-0.39, 0.29) is 0 Å². The normalized spacial score (nSPS) is 11.3. The van der Waals surface area contributed by atoms with Gasteiger partial charge in [0.05, 0.1) is 0 Å². The molecule has 0 aliphatic heterocycles. The summed E-state index contributed by atoms with van der Waals surface area (Å²) in [6, 6.07) is 8.59. The number of hydrogen-bond donors (Lipinski definition) is 1. The molecule has 0 aliphatic carbocycles. The van der Waals surface area contributed by atoms with Gasteiger partial charge in [0.2, 0.25) is 5.89 Å². The van der Waals surface area contributed by atoms with E-state index in [4.69, 9.17) is 4.52 Å². The topological polar surface area (TPSA) is 55.9 Å². The van der Waals surface area contributed by atoms with Crippen LogP contribution in [0.2, 0.25) is 0 Å². The second kappa shape index (κ2) is 5.46. The van der Waals surface area contributed by atoms with Crippen molar-refractivity contribution in [2.75, 3.05) is 7.05 Å². The van der Waals surface area contributed by atoms with Gasteiger partial charge in [-0.05, 0) is 30.1 Å².